The third-order valence-corrected chi connectivity index (χ3v) is 6.01. The van der Waals surface area contributed by atoms with Crippen LogP contribution in [-0.4, -0.2) is 75.2 Å². The molecular formula is C27H35N5O8. The van der Waals surface area contributed by atoms with Crippen molar-refractivity contribution < 1.29 is 39.3 Å². The Kier molecular flexibility index (Phi) is 12.0. The molecule has 2 aromatic rings. The molecule has 5 atom stereocenters. The van der Waals surface area contributed by atoms with E-state index in [0.29, 0.717) is 11.1 Å². The van der Waals surface area contributed by atoms with Crippen LogP contribution >= 0.6 is 0 Å². The van der Waals surface area contributed by atoms with Gasteiger partial charge in [0.2, 0.25) is 23.6 Å². The van der Waals surface area contributed by atoms with Gasteiger partial charge in [0.1, 0.15) is 17.8 Å². The van der Waals surface area contributed by atoms with E-state index in [2.05, 4.69) is 16.0 Å². The lowest BCUT2D eigenvalue weighted by Gasteiger charge is -2.26. The Bertz CT molecular complexity index is 1170. The van der Waals surface area contributed by atoms with E-state index in [-0.39, 0.29) is 31.4 Å². The number of rotatable bonds is 15. The molecule has 4 amide bonds. The van der Waals surface area contributed by atoms with E-state index >= 15 is 0 Å². The van der Waals surface area contributed by atoms with Gasteiger partial charge in [-0.25, -0.2) is 4.79 Å². The highest BCUT2D eigenvalue weighted by Crippen LogP contribution is 2.13. The smallest absolute Gasteiger partial charge is 0.328 e. The van der Waals surface area contributed by atoms with Gasteiger partial charge in [-0.15, -0.1) is 0 Å². The van der Waals surface area contributed by atoms with Crippen molar-refractivity contribution >= 4 is 29.6 Å². The quantitative estimate of drug-likeness (QED) is 0.130. The molecule has 0 fully saturated rings. The van der Waals surface area contributed by atoms with Crippen LogP contribution < -0.4 is 27.4 Å². The van der Waals surface area contributed by atoms with E-state index in [1.54, 1.807) is 30.3 Å². The lowest BCUT2D eigenvalue weighted by Crippen LogP contribution is -2.59. The van der Waals surface area contributed by atoms with Crippen LogP contribution in [0.25, 0.3) is 0 Å². The molecule has 0 heterocycles. The van der Waals surface area contributed by atoms with Crippen molar-refractivity contribution in [2.45, 2.75) is 62.9 Å². The minimum atomic E-state index is -1.64. The number of nitrogens with one attached hydrogen (secondary N) is 3. The van der Waals surface area contributed by atoms with E-state index in [1.807, 2.05) is 0 Å². The van der Waals surface area contributed by atoms with E-state index in [0.717, 1.165) is 0 Å². The first kappa shape index (κ1) is 31.7. The zero-order valence-electron chi connectivity index (χ0n) is 21.9. The second kappa shape index (κ2) is 15.2. The van der Waals surface area contributed by atoms with Crippen LogP contribution in [0.3, 0.4) is 0 Å². The molecular weight excluding hydrogens is 522 g/mol. The molecule has 13 nitrogen and oxygen atoms in total. The molecule has 5 unspecified atom stereocenters. The number of hydrogen-bond acceptors (Lipinski definition) is 8. The van der Waals surface area contributed by atoms with Crippen LogP contribution in [0.1, 0.15) is 30.9 Å². The number of primary amides is 1. The number of aromatic hydroxyl groups is 1. The first-order chi connectivity index (χ1) is 18.9. The number of amides is 4. The molecule has 0 bridgehead atoms. The van der Waals surface area contributed by atoms with Gasteiger partial charge in [0, 0.05) is 19.3 Å². The van der Waals surface area contributed by atoms with Gasteiger partial charge in [0.25, 0.3) is 0 Å². The SMILES string of the molecule is CC(O)C(NC(=O)C(Cc1ccc(O)cc1)NC(=O)C(Cc1ccccc1)NC(=O)C(N)CCC(N)=O)C(=O)O. The molecule has 0 saturated carbocycles. The number of carboxylic acids is 1. The monoisotopic (exact) mass is 557 g/mol. The summed E-state index contributed by atoms with van der Waals surface area (Å²) in [6, 6.07) is 9.25. The summed E-state index contributed by atoms with van der Waals surface area (Å²) in [4.78, 5) is 61.9. The van der Waals surface area contributed by atoms with Gasteiger partial charge in [-0.05, 0) is 36.6 Å². The Morgan fingerprint density at radius 2 is 1.30 bits per heavy atom. The standard InChI is InChI=1S/C27H35N5O8/c1-15(33)23(27(39)40)32-26(38)21(14-17-7-9-18(34)10-8-17)31-25(37)20(13-16-5-3-2-4-6-16)30-24(36)19(28)11-12-22(29)35/h2-10,15,19-21,23,33-34H,11-14,28H2,1H3,(H2,29,35)(H,30,36)(H,31,37)(H,32,38)(H,39,40). The number of phenols is 1. The van der Waals surface area contributed by atoms with Gasteiger partial charge >= 0.3 is 5.97 Å². The number of aliphatic carboxylic acids is 1. The lowest BCUT2D eigenvalue weighted by molar-refractivity contribution is -0.145. The number of hydrogen-bond donors (Lipinski definition) is 8. The van der Waals surface area contributed by atoms with Gasteiger partial charge in [-0.1, -0.05) is 42.5 Å². The molecule has 0 aliphatic rings. The number of phenolic OH excluding ortho intramolecular Hbond substituents is 1. The number of nitrogens with two attached hydrogens (primary N) is 2. The minimum absolute atomic E-state index is 0.0212. The molecule has 13 heteroatoms. The average molecular weight is 558 g/mol. The highest BCUT2D eigenvalue weighted by Gasteiger charge is 2.32. The molecule has 0 spiro atoms. The second-order valence-electron chi connectivity index (χ2n) is 9.36. The predicted octanol–water partition coefficient (Wildman–Crippen LogP) is -1.31. The van der Waals surface area contributed by atoms with Crippen LogP contribution in [0, 0.1) is 0 Å². The van der Waals surface area contributed by atoms with Crippen molar-refractivity contribution in [2.75, 3.05) is 0 Å². The molecule has 10 N–H and O–H groups in total. The summed E-state index contributed by atoms with van der Waals surface area (Å²) in [7, 11) is 0. The Labute approximate surface area is 230 Å². The molecule has 2 aromatic carbocycles. The third kappa shape index (κ3) is 10.3. The van der Waals surface area contributed by atoms with Gasteiger partial charge in [0.15, 0.2) is 6.04 Å². The number of aliphatic hydroxyl groups excluding tert-OH is 1. The fourth-order valence-electron chi connectivity index (χ4n) is 3.76. The number of benzene rings is 2. The van der Waals surface area contributed by atoms with Gasteiger partial charge in [-0.2, -0.15) is 0 Å². The molecule has 0 aromatic heterocycles. The Morgan fingerprint density at radius 1 is 0.800 bits per heavy atom. The van der Waals surface area contributed by atoms with Crippen LogP contribution in [0.2, 0.25) is 0 Å². The van der Waals surface area contributed by atoms with Crippen LogP contribution in [0.15, 0.2) is 54.6 Å². The van der Waals surface area contributed by atoms with Crippen LogP contribution in [0.4, 0.5) is 0 Å². The topological polar surface area (TPSA) is 234 Å². The summed E-state index contributed by atoms with van der Waals surface area (Å²) >= 11 is 0. The minimum Gasteiger partial charge on any atom is -0.508 e. The Hall–Kier alpha value is -4.49. The first-order valence-corrected chi connectivity index (χ1v) is 12.5. The van der Waals surface area contributed by atoms with E-state index < -0.39 is 59.9 Å². The fourth-order valence-corrected chi connectivity index (χ4v) is 3.76. The number of carbonyl (C=O) groups excluding carboxylic acids is 4. The maximum atomic E-state index is 13.5. The van der Waals surface area contributed by atoms with Crippen molar-refractivity contribution in [3.8, 4) is 5.75 Å². The van der Waals surface area contributed by atoms with Crippen molar-refractivity contribution in [1.29, 1.82) is 0 Å². The zero-order chi connectivity index (χ0) is 29.8. The highest BCUT2D eigenvalue weighted by molar-refractivity contribution is 5.94. The highest BCUT2D eigenvalue weighted by atomic mass is 16.4. The summed E-state index contributed by atoms with van der Waals surface area (Å²) in [6.45, 7) is 1.19. The number of carboxylic acid groups (broad SMARTS) is 1. The maximum Gasteiger partial charge on any atom is 0.328 e. The first-order valence-electron chi connectivity index (χ1n) is 12.5. The van der Waals surface area contributed by atoms with Crippen molar-refractivity contribution in [3.05, 3.63) is 65.7 Å². The molecule has 40 heavy (non-hydrogen) atoms. The van der Waals surface area contributed by atoms with Crippen LogP contribution in [0.5, 0.6) is 5.75 Å². The lowest BCUT2D eigenvalue weighted by atomic mass is 10.0. The zero-order valence-corrected chi connectivity index (χ0v) is 21.9. The molecule has 0 aliphatic heterocycles. The Balaban J connectivity index is 2.31. The molecule has 2 rings (SSSR count). The molecule has 0 saturated heterocycles. The Morgan fingerprint density at radius 3 is 1.80 bits per heavy atom. The van der Waals surface area contributed by atoms with E-state index in [9.17, 15) is 39.3 Å². The van der Waals surface area contributed by atoms with Gasteiger partial charge in [0.05, 0.1) is 12.1 Å². The van der Waals surface area contributed by atoms with Crippen molar-refractivity contribution in [3.63, 3.8) is 0 Å². The maximum absolute atomic E-state index is 13.5. The summed E-state index contributed by atoms with van der Waals surface area (Å²) in [5.41, 5.74) is 12.2. The average Bonchev–Trinajstić information content (AvgIpc) is 2.90. The summed E-state index contributed by atoms with van der Waals surface area (Å²) in [6.07, 6.45) is -1.68. The normalized spacial score (nSPS) is 14.6. The number of aliphatic hydroxyl groups is 1. The van der Waals surface area contributed by atoms with Gasteiger partial charge in [-0.3, -0.25) is 19.2 Å². The molecule has 216 valence electrons. The largest absolute Gasteiger partial charge is 0.508 e. The molecule has 0 radical (unpaired) electrons. The third-order valence-electron chi connectivity index (χ3n) is 6.01. The van der Waals surface area contributed by atoms with Crippen molar-refractivity contribution in [1.82, 2.24) is 16.0 Å². The van der Waals surface area contributed by atoms with E-state index in [4.69, 9.17) is 11.5 Å². The van der Waals surface area contributed by atoms with Gasteiger partial charge < -0.3 is 42.7 Å². The predicted molar refractivity (Wildman–Crippen MR) is 143 cm³/mol. The summed E-state index contributed by atoms with van der Waals surface area (Å²) in [5, 5.41) is 36.1. The van der Waals surface area contributed by atoms with Crippen molar-refractivity contribution in [2.24, 2.45) is 11.5 Å². The summed E-state index contributed by atoms with van der Waals surface area (Å²) in [5.74, 6) is -4.50. The van der Waals surface area contributed by atoms with E-state index in [1.165, 1.54) is 31.2 Å². The summed E-state index contributed by atoms with van der Waals surface area (Å²) < 4.78 is 0. The van der Waals surface area contributed by atoms with Crippen LogP contribution in [-0.2, 0) is 36.8 Å². The number of carbonyl (C=O) groups is 5. The fraction of sp³-hybridized carbons (Fsp3) is 0.370. The molecule has 0 aliphatic carbocycles. The second-order valence-corrected chi connectivity index (χ2v) is 9.36.